The molecule has 0 bridgehead atoms. The Hall–Kier alpha value is -1.06. The molecule has 3 atom stereocenters. The number of nitrogens with zero attached hydrogens (tertiary/aromatic N) is 1. The number of nitrogens with one attached hydrogen (secondary N) is 1. The number of likely N-dealkylation sites (tertiary alicyclic amines) is 1. The summed E-state index contributed by atoms with van der Waals surface area (Å²) < 4.78 is 5.22. The van der Waals surface area contributed by atoms with Crippen LogP contribution in [0.1, 0.15) is 44.7 Å². The average molecular weight is 274 g/mol. The third-order valence-corrected chi connectivity index (χ3v) is 4.74. The van der Waals surface area contributed by atoms with Crippen molar-refractivity contribution < 1.29 is 4.74 Å². The van der Waals surface area contributed by atoms with Gasteiger partial charge in [0, 0.05) is 30.7 Å². The van der Waals surface area contributed by atoms with E-state index in [1.54, 1.807) is 7.11 Å². The van der Waals surface area contributed by atoms with Gasteiger partial charge in [0.25, 0.3) is 0 Å². The van der Waals surface area contributed by atoms with Crippen LogP contribution in [-0.2, 0) is 0 Å². The molecule has 0 aromatic heterocycles. The van der Waals surface area contributed by atoms with Crippen molar-refractivity contribution in [2.75, 3.05) is 13.7 Å². The number of benzene rings is 1. The van der Waals surface area contributed by atoms with E-state index in [1.807, 2.05) is 12.1 Å². The Morgan fingerprint density at radius 1 is 1.25 bits per heavy atom. The molecule has 1 saturated heterocycles. The molecule has 20 heavy (non-hydrogen) atoms. The van der Waals surface area contributed by atoms with Gasteiger partial charge >= 0.3 is 0 Å². The van der Waals surface area contributed by atoms with E-state index in [1.165, 1.54) is 31.4 Å². The summed E-state index contributed by atoms with van der Waals surface area (Å²) in [6.45, 7) is 5.84. The SMILES string of the molecule is COc1ccc(C(C)NC2CC(C)N(C3CC3)C2)cc1. The van der Waals surface area contributed by atoms with E-state index in [9.17, 15) is 0 Å². The van der Waals surface area contributed by atoms with Gasteiger partial charge < -0.3 is 10.1 Å². The van der Waals surface area contributed by atoms with E-state index >= 15 is 0 Å². The number of hydrogen-bond donors (Lipinski definition) is 1. The van der Waals surface area contributed by atoms with E-state index in [4.69, 9.17) is 4.74 Å². The van der Waals surface area contributed by atoms with Crippen molar-refractivity contribution >= 4 is 0 Å². The Kier molecular flexibility index (Phi) is 3.99. The minimum atomic E-state index is 0.400. The largest absolute Gasteiger partial charge is 0.497 e. The zero-order chi connectivity index (χ0) is 14.1. The summed E-state index contributed by atoms with van der Waals surface area (Å²) in [6, 6.07) is 11.1. The van der Waals surface area contributed by atoms with E-state index in [2.05, 4.69) is 36.2 Å². The molecule has 1 aromatic carbocycles. The highest BCUT2D eigenvalue weighted by Crippen LogP contribution is 2.33. The Morgan fingerprint density at radius 2 is 1.95 bits per heavy atom. The Labute approximate surface area is 122 Å². The van der Waals surface area contributed by atoms with Crippen LogP contribution < -0.4 is 10.1 Å². The Bertz CT molecular complexity index is 441. The third-order valence-electron chi connectivity index (χ3n) is 4.74. The van der Waals surface area contributed by atoms with Crippen LogP contribution >= 0.6 is 0 Å². The fraction of sp³-hybridized carbons (Fsp3) is 0.647. The van der Waals surface area contributed by atoms with Crippen LogP contribution in [0.2, 0.25) is 0 Å². The summed E-state index contributed by atoms with van der Waals surface area (Å²) in [5, 5.41) is 3.79. The first-order valence-electron chi connectivity index (χ1n) is 7.83. The van der Waals surface area contributed by atoms with Gasteiger partial charge in [0.2, 0.25) is 0 Å². The smallest absolute Gasteiger partial charge is 0.118 e. The molecule has 0 amide bonds. The summed E-state index contributed by atoms with van der Waals surface area (Å²) in [7, 11) is 1.71. The minimum Gasteiger partial charge on any atom is -0.497 e. The zero-order valence-corrected chi connectivity index (χ0v) is 12.8. The lowest BCUT2D eigenvalue weighted by atomic mass is 10.1. The van der Waals surface area contributed by atoms with Crippen molar-refractivity contribution in [2.45, 2.75) is 57.3 Å². The van der Waals surface area contributed by atoms with Crippen LogP contribution in [0.15, 0.2) is 24.3 Å². The van der Waals surface area contributed by atoms with Gasteiger partial charge in [-0.25, -0.2) is 0 Å². The maximum absolute atomic E-state index is 5.22. The average Bonchev–Trinajstić information content (AvgIpc) is 3.23. The molecular formula is C17H26N2O. The molecule has 2 aliphatic rings. The van der Waals surface area contributed by atoms with Crippen molar-refractivity contribution in [3.8, 4) is 5.75 Å². The molecule has 1 heterocycles. The molecule has 2 fully saturated rings. The summed E-state index contributed by atoms with van der Waals surface area (Å²) in [5.74, 6) is 0.926. The fourth-order valence-electron chi connectivity index (χ4n) is 3.43. The maximum Gasteiger partial charge on any atom is 0.118 e. The molecule has 1 aromatic rings. The topological polar surface area (TPSA) is 24.5 Å². The van der Waals surface area contributed by atoms with Gasteiger partial charge in [-0.2, -0.15) is 0 Å². The normalized spacial score (nSPS) is 28.6. The summed E-state index contributed by atoms with van der Waals surface area (Å²) in [4.78, 5) is 2.69. The molecule has 3 rings (SSSR count). The molecule has 0 radical (unpaired) electrons. The molecule has 0 spiro atoms. The molecule has 1 aliphatic carbocycles. The highest BCUT2D eigenvalue weighted by atomic mass is 16.5. The van der Waals surface area contributed by atoms with Gasteiger partial charge in [-0.05, 0) is 50.8 Å². The van der Waals surface area contributed by atoms with Gasteiger partial charge in [0.15, 0.2) is 0 Å². The second kappa shape index (κ2) is 5.74. The summed E-state index contributed by atoms with van der Waals surface area (Å²) in [5.41, 5.74) is 1.34. The van der Waals surface area contributed by atoms with Crippen molar-refractivity contribution in [3.63, 3.8) is 0 Å². The first kappa shape index (κ1) is 13.9. The van der Waals surface area contributed by atoms with Crippen LogP contribution in [0.25, 0.3) is 0 Å². The number of methoxy groups -OCH3 is 1. The molecule has 110 valence electrons. The van der Waals surface area contributed by atoms with E-state index < -0.39 is 0 Å². The molecule has 3 heteroatoms. The maximum atomic E-state index is 5.22. The molecule has 1 aliphatic heterocycles. The molecule has 1 saturated carbocycles. The predicted molar refractivity (Wildman–Crippen MR) is 82.1 cm³/mol. The van der Waals surface area contributed by atoms with Gasteiger partial charge in [-0.1, -0.05) is 12.1 Å². The lowest BCUT2D eigenvalue weighted by Gasteiger charge is -2.21. The van der Waals surface area contributed by atoms with Crippen LogP contribution in [0.5, 0.6) is 5.75 Å². The molecule has 1 N–H and O–H groups in total. The number of ether oxygens (including phenoxy) is 1. The second-order valence-corrected chi connectivity index (χ2v) is 6.37. The van der Waals surface area contributed by atoms with Crippen LogP contribution in [0, 0.1) is 0 Å². The van der Waals surface area contributed by atoms with E-state index in [-0.39, 0.29) is 0 Å². The molecule has 3 unspecified atom stereocenters. The first-order chi connectivity index (χ1) is 9.67. The predicted octanol–water partition coefficient (Wildman–Crippen LogP) is 2.97. The number of rotatable bonds is 5. The minimum absolute atomic E-state index is 0.400. The fourth-order valence-corrected chi connectivity index (χ4v) is 3.43. The molecule has 3 nitrogen and oxygen atoms in total. The summed E-state index contributed by atoms with van der Waals surface area (Å²) in [6.07, 6.45) is 4.09. The number of hydrogen-bond acceptors (Lipinski definition) is 3. The molecular weight excluding hydrogens is 248 g/mol. The zero-order valence-electron chi connectivity index (χ0n) is 12.8. The lowest BCUT2D eigenvalue weighted by Crippen LogP contribution is -2.35. The second-order valence-electron chi connectivity index (χ2n) is 6.37. The van der Waals surface area contributed by atoms with Crippen LogP contribution in [0.4, 0.5) is 0 Å². The summed E-state index contributed by atoms with van der Waals surface area (Å²) >= 11 is 0. The third kappa shape index (κ3) is 2.99. The van der Waals surface area contributed by atoms with Gasteiger partial charge in [-0.15, -0.1) is 0 Å². The highest BCUT2D eigenvalue weighted by Gasteiger charge is 2.38. The Balaban J connectivity index is 1.56. The van der Waals surface area contributed by atoms with Gasteiger partial charge in [-0.3, -0.25) is 4.90 Å². The van der Waals surface area contributed by atoms with Crippen LogP contribution in [0.3, 0.4) is 0 Å². The van der Waals surface area contributed by atoms with E-state index in [0.717, 1.165) is 17.8 Å². The van der Waals surface area contributed by atoms with Crippen molar-refractivity contribution in [1.29, 1.82) is 0 Å². The van der Waals surface area contributed by atoms with Crippen molar-refractivity contribution in [1.82, 2.24) is 10.2 Å². The van der Waals surface area contributed by atoms with Crippen LogP contribution in [-0.4, -0.2) is 36.7 Å². The standard InChI is InChI=1S/C17H26N2O/c1-12-10-15(11-19(12)16-6-7-16)18-13(2)14-4-8-17(20-3)9-5-14/h4-5,8-9,12-13,15-16,18H,6-7,10-11H2,1-3H3. The monoisotopic (exact) mass is 274 g/mol. The van der Waals surface area contributed by atoms with Crippen molar-refractivity contribution in [3.05, 3.63) is 29.8 Å². The van der Waals surface area contributed by atoms with Gasteiger partial charge in [0.1, 0.15) is 5.75 Å². The first-order valence-corrected chi connectivity index (χ1v) is 7.83. The quantitative estimate of drug-likeness (QED) is 0.893. The van der Waals surface area contributed by atoms with Gasteiger partial charge in [0.05, 0.1) is 7.11 Å². The van der Waals surface area contributed by atoms with Crippen molar-refractivity contribution in [2.24, 2.45) is 0 Å². The lowest BCUT2D eigenvalue weighted by molar-refractivity contribution is 0.254. The highest BCUT2D eigenvalue weighted by molar-refractivity contribution is 5.28. The van der Waals surface area contributed by atoms with E-state index in [0.29, 0.717) is 12.1 Å². The Morgan fingerprint density at radius 3 is 2.55 bits per heavy atom.